The summed E-state index contributed by atoms with van der Waals surface area (Å²) in [4.78, 5) is 20.3. The molecule has 1 saturated heterocycles. The number of halogens is 2. The number of ether oxygens (including phenoxy) is 1. The van der Waals surface area contributed by atoms with Gasteiger partial charge in [-0.15, -0.1) is 11.8 Å². The van der Waals surface area contributed by atoms with Crippen molar-refractivity contribution in [2.24, 2.45) is 0 Å². The number of aromatic nitrogens is 2. The average molecular weight is 445 g/mol. The molecule has 1 aromatic heterocycles. The van der Waals surface area contributed by atoms with Gasteiger partial charge in [0, 0.05) is 65.4 Å². The molecule has 2 aliphatic rings. The molecule has 0 amide bonds. The number of thioether (sulfide) groups is 1. The first kappa shape index (κ1) is 20.3. The molecule has 0 bridgehead atoms. The third-order valence-corrected chi connectivity index (χ3v) is 6.99. The van der Waals surface area contributed by atoms with Crippen molar-refractivity contribution in [1.82, 2.24) is 14.9 Å². The van der Waals surface area contributed by atoms with Crippen molar-refractivity contribution in [2.75, 3.05) is 37.4 Å². The second kappa shape index (κ2) is 7.80. The molecule has 3 heterocycles. The lowest BCUT2D eigenvalue weighted by Crippen LogP contribution is -2.51. The van der Waals surface area contributed by atoms with Crippen molar-refractivity contribution in [2.45, 2.75) is 24.4 Å². The van der Waals surface area contributed by atoms with Gasteiger partial charge in [-0.2, -0.15) is 4.98 Å². The lowest BCUT2D eigenvalue weighted by atomic mass is 10.0. The number of nitrogens with one attached hydrogen (secondary N) is 1. The van der Waals surface area contributed by atoms with Crippen LogP contribution in [0.5, 0.6) is 5.75 Å². The van der Waals surface area contributed by atoms with E-state index in [0.717, 1.165) is 41.5 Å². The van der Waals surface area contributed by atoms with Crippen molar-refractivity contribution in [3.05, 3.63) is 46.4 Å². The summed E-state index contributed by atoms with van der Waals surface area (Å²) in [6.45, 7) is 4.94. The zero-order valence-corrected chi connectivity index (χ0v) is 18.1. The Kier molecular flexibility index (Phi) is 5.10. The number of nitrogens with zero attached hydrogens (tertiary/aromatic N) is 3. The van der Waals surface area contributed by atoms with Crippen molar-refractivity contribution in [3.8, 4) is 16.9 Å². The lowest BCUT2D eigenvalue weighted by molar-refractivity contribution is 0.415. The number of benzene rings is 2. The summed E-state index contributed by atoms with van der Waals surface area (Å²) in [5, 5.41) is 4.16. The molecular formula is C22H22F2N4O2S. The van der Waals surface area contributed by atoms with Crippen molar-refractivity contribution in [1.29, 1.82) is 0 Å². The molecule has 2 aliphatic heterocycles. The first-order chi connectivity index (χ1) is 15.0. The lowest BCUT2D eigenvalue weighted by Gasteiger charge is -2.36. The number of anilines is 1. The molecular weight excluding hydrogens is 422 g/mol. The van der Waals surface area contributed by atoms with Crippen LogP contribution in [0.25, 0.3) is 22.0 Å². The number of hydrogen-bond donors (Lipinski definition) is 1. The molecule has 6 nitrogen and oxygen atoms in total. The van der Waals surface area contributed by atoms with Crippen LogP contribution in [0.2, 0.25) is 0 Å². The van der Waals surface area contributed by atoms with Crippen molar-refractivity contribution in [3.63, 3.8) is 0 Å². The summed E-state index contributed by atoms with van der Waals surface area (Å²) in [6.07, 6.45) is 0. The summed E-state index contributed by atoms with van der Waals surface area (Å²) in [7, 11) is 1.53. The highest BCUT2D eigenvalue weighted by Gasteiger charge is 2.29. The molecule has 0 spiro atoms. The summed E-state index contributed by atoms with van der Waals surface area (Å²) in [5.74, 6) is 0.435. The topological polar surface area (TPSA) is 59.4 Å². The van der Waals surface area contributed by atoms with Crippen LogP contribution in [0.3, 0.4) is 0 Å². The van der Waals surface area contributed by atoms with E-state index in [2.05, 4.69) is 22.1 Å². The quantitative estimate of drug-likeness (QED) is 0.669. The van der Waals surface area contributed by atoms with E-state index >= 15 is 0 Å². The van der Waals surface area contributed by atoms with Gasteiger partial charge in [0.05, 0.1) is 12.6 Å². The Labute approximate surface area is 182 Å². The van der Waals surface area contributed by atoms with Crippen molar-refractivity contribution < 1.29 is 13.5 Å². The minimum absolute atomic E-state index is 0.166. The smallest absolute Gasteiger partial charge is 0.350 e. The SMILES string of the molecule is COc1cc2c(N3CCNC[C@@H]3C)nc(=O)n3c2c(c1-c1ccc(F)cc1F)SCC3. The van der Waals surface area contributed by atoms with Crippen LogP contribution in [-0.2, 0) is 6.54 Å². The largest absolute Gasteiger partial charge is 0.496 e. The minimum atomic E-state index is -0.668. The van der Waals surface area contributed by atoms with Crippen LogP contribution in [0.15, 0.2) is 34.0 Å². The van der Waals surface area contributed by atoms with Gasteiger partial charge in [-0.1, -0.05) is 0 Å². The van der Waals surface area contributed by atoms with E-state index in [1.165, 1.54) is 19.2 Å². The first-order valence-corrected chi connectivity index (χ1v) is 11.2. The fraction of sp³-hybridized carbons (Fsp3) is 0.364. The Morgan fingerprint density at radius 2 is 2.10 bits per heavy atom. The second-order valence-corrected chi connectivity index (χ2v) is 8.87. The van der Waals surface area contributed by atoms with Gasteiger partial charge in [0.25, 0.3) is 0 Å². The number of aryl methyl sites for hydroxylation is 1. The summed E-state index contributed by atoms with van der Waals surface area (Å²) >= 11 is 1.55. The van der Waals surface area contributed by atoms with Gasteiger partial charge >= 0.3 is 5.69 Å². The van der Waals surface area contributed by atoms with Gasteiger partial charge in [-0.05, 0) is 25.1 Å². The highest BCUT2D eigenvalue weighted by atomic mass is 32.2. The van der Waals surface area contributed by atoms with Crippen LogP contribution >= 0.6 is 11.8 Å². The van der Waals surface area contributed by atoms with E-state index in [4.69, 9.17) is 4.74 Å². The van der Waals surface area contributed by atoms with E-state index in [9.17, 15) is 13.6 Å². The number of hydrogen-bond acceptors (Lipinski definition) is 6. The standard InChI is InChI=1S/C22H22F2N4O2S/c1-12-11-25-5-6-27(12)21-15-10-17(30-2)18(14-4-3-13(23)9-16(14)24)20-19(15)28(7-8-31-20)22(29)26-21/h3-4,9-10,12,25H,5-8,11H2,1-2H3/t12-/m0/s1. The van der Waals surface area contributed by atoms with Crippen LogP contribution in [0.1, 0.15) is 6.92 Å². The number of piperazine rings is 1. The Morgan fingerprint density at radius 3 is 2.84 bits per heavy atom. The fourth-order valence-electron chi connectivity index (χ4n) is 4.44. The van der Waals surface area contributed by atoms with E-state index in [1.54, 1.807) is 16.3 Å². The highest BCUT2D eigenvalue weighted by molar-refractivity contribution is 7.99. The first-order valence-electron chi connectivity index (χ1n) is 10.2. The zero-order chi connectivity index (χ0) is 21.7. The van der Waals surface area contributed by atoms with Gasteiger partial charge in [0.1, 0.15) is 23.2 Å². The molecule has 1 fully saturated rings. The van der Waals surface area contributed by atoms with Gasteiger partial charge in [-0.25, -0.2) is 13.6 Å². The summed E-state index contributed by atoms with van der Waals surface area (Å²) in [6, 6.07) is 5.51. The Balaban J connectivity index is 1.86. The van der Waals surface area contributed by atoms with Gasteiger partial charge < -0.3 is 15.0 Å². The van der Waals surface area contributed by atoms with Crippen LogP contribution < -0.4 is 20.6 Å². The van der Waals surface area contributed by atoms with Gasteiger partial charge in [-0.3, -0.25) is 4.57 Å². The average Bonchev–Trinajstić information content (AvgIpc) is 2.76. The van der Waals surface area contributed by atoms with Gasteiger partial charge in [0.2, 0.25) is 0 Å². The Bertz CT molecular complexity index is 1250. The summed E-state index contributed by atoms with van der Waals surface area (Å²) < 4.78 is 35.7. The molecule has 31 heavy (non-hydrogen) atoms. The predicted molar refractivity (Wildman–Crippen MR) is 118 cm³/mol. The maximum atomic E-state index is 14.8. The molecule has 5 rings (SSSR count). The Hall–Kier alpha value is -2.65. The van der Waals surface area contributed by atoms with E-state index < -0.39 is 11.6 Å². The molecule has 0 saturated carbocycles. The second-order valence-electron chi connectivity index (χ2n) is 7.77. The monoisotopic (exact) mass is 444 g/mol. The van der Waals surface area contributed by atoms with Crippen LogP contribution in [0.4, 0.5) is 14.6 Å². The molecule has 0 unspecified atom stereocenters. The van der Waals surface area contributed by atoms with Crippen LogP contribution in [0, 0.1) is 11.6 Å². The van der Waals surface area contributed by atoms with E-state index in [-0.39, 0.29) is 17.3 Å². The highest BCUT2D eigenvalue weighted by Crippen LogP contribution is 2.47. The third kappa shape index (κ3) is 3.27. The molecule has 1 N–H and O–H groups in total. The van der Waals surface area contributed by atoms with E-state index in [0.29, 0.717) is 29.4 Å². The normalized spacial score (nSPS) is 18.5. The third-order valence-electron chi connectivity index (χ3n) is 5.92. The molecule has 3 aromatic rings. The molecule has 0 radical (unpaired) electrons. The van der Waals surface area contributed by atoms with E-state index in [1.807, 2.05) is 6.07 Å². The fourth-order valence-corrected chi connectivity index (χ4v) is 5.63. The molecule has 9 heteroatoms. The molecule has 2 aromatic carbocycles. The summed E-state index contributed by atoms with van der Waals surface area (Å²) in [5.41, 5.74) is 1.20. The molecule has 162 valence electrons. The van der Waals surface area contributed by atoms with Crippen molar-refractivity contribution >= 4 is 28.5 Å². The van der Waals surface area contributed by atoms with Gasteiger partial charge in [0.15, 0.2) is 0 Å². The number of rotatable bonds is 3. The van der Waals surface area contributed by atoms with Crippen LogP contribution in [-0.4, -0.2) is 48.1 Å². The zero-order valence-electron chi connectivity index (χ0n) is 17.2. The molecule has 0 aliphatic carbocycles. The maximum absolute atomic E-state index is 14.8. The number of methoxy groups -OCH3 is 1. The Morgan fingerprint density at radius 1 is 1.26 bits per heavy atom. The minimum Gasteiger partial charge on any atom is -0.496 e. The maximum Gasteiger partial charge on any atom is 0.350 e. The predicted octanol–water partition coefficient (Wildman–Crippen LogP) is 3.25. The molecule has 1 atom stereocenters.